The van der Waals surface area contributed by atoms with Gasteiger partial charge in [0.2, 0.25) is 0 Å². The second-order valence-electron chi connectivity index (χ2n) is 4.28. The van der Waals surface area contributed by atoms with Crippen molar-refractivity contribution in [1.29, 1.82) is 0 Å². The number of thiazole rings is 1. The number of aromatic nitrogens is 1. The van der Waals surface area contributed by atoms with Gasteiger partial charge in [-0.15, -0.1) is 0 Å². The smallest absolute Gasteiger partial charge is 0.264 e. The molecule has 0 saturated heterocycles. The first kappa shape index (κ1) is 13.5. The number of ether oxygens (including phenoxy) is 1. The lowest BCUT2D eigenvalue weighted by Crippen LogP contribution is -2.20. The third-order valence-electron chi connectivity index (χ3n) is 2.71. The van der Waals surface area contributed by atoms with Crippen molar-refractivity contribution in [2.75, 3.05) is 11.9 Å². The Hall–Kier alpha value is -2.47. The summed E-state index contributed by atoms with van der Waals surface area (Å²) in [7, 11) is 0. The highest BCUT2D eigenvalue weighted by Gasteiger charge is 2.08. The highest BCUT2D eigenvalue weighted by atomic mass is 32.1. The van der Waals surface area contributed by atoms with Gasteiger partial charge in [-0.1, -0.05) is 29.5 Å². The monoisotopic (exact) mass is 302 g/mol. The van der Waals surface area contributed by atoms with Gasteiger partial charge < -0.3 is 4.74 Å². The molecule has 1 heterocycles. The summed E-state index contributed by atoms with van der Waals surface area (Å²) < 4.78 is 19.2. The van der Waals surface area contributed by atoms with Crippen molar-refractivity contribution in [3.05, 3.63) is 54.3 Å². The molecule has 0 spiro atoms. The molecule has 0 fully saturated rings. The zero-order chi connectivity index (χ0) is 14.7. The summed E-state index contributed by atoms with van der Waals surface area (Å²) in [6, 6.07) is 13.3. The molecule has 0 aliphatic rings. The van der Waals surface area contributed by atoms with Gasteiger partial charge in [-0.05, 0) is 24.3 Å². The molecular formula is C15H11FN2O2S. The van der Waals surface area contributed by atoms with Crippen LogP contribution in [-0.2, 0) is 4.79 Å². The second kappa shape index (κ2) is 5.88. The Bertz CT molecular complexity index is 755. The van der Waals surface area contributed by atoms with Gasteiger partial charge in [0, 0.05) is 6.07 Å². The lowest BCUT2D eigenvalue weighted by atomic mass is 10.3. The van der Waals surface area contributed by atoms with Crippen LogP contribution in [0, 0.1) is 5.82 Å². The van der Waals surface area contributed by atoms with Gasteiger partial charge in [-0.25, -0.2) is 9.37 Å². The van der Waals surface area contributed by atoms with Gasteiger partial charge in [-0.2, -0.15) is 0 Å². The van der Waals surface area contributed by atoms with Gasteiger partial charge in [0.15, 0.2) is 11.7 Å². The molecule has 1 amide bonds. The van der Waals surface area contributed by atoms with E-state index in [1.807, 2.05) is 24.3 Å². The Labute approximate surface area is 124 Å². The van der Waals surface area contributed by atoms with Crippen LogP contribution < -0.4 is 10.1 Å². The molecule has 1 N–H and O–H groups in total. The summed E-state index contributed by atoms with van der Waals surface area (Å²) >= 11 is 1.39. The van der Waals surface area contributed by atoms with Crippen LogP contribution in [0.3, 0.4) is 0 Å². The third-order valence-corrected chi connectivity index (χ3v) is 3.66. The van der Waals surface area contributed by atoms with Crippen molar-refractivity contribution in [3.8, 4) is 5.75 Å². The van der Waals surface area contributed by atoms with E-state index in [0.717, 1.165) is 10.2 Å². The van der Waals surface area contributed by atoms with Gasteiger partial charge in [0.1, 0.15) is 11.6 Å². The van der Waals surface area contributed by atoms with Gasteiger partial charge in [-0.3, -0.25) is 10.1 Å². The standard InChI is InChI=1S/C15H11FN2O2S/c16-10-4-3-5-11(8-10)20-9-14(19)18-15-17-12-6-1-2-7-13(12)21-15/h1-8H,9H2,(H,17,18,19). The average molecular weight is 302 g/mol. The van der Waals surface area contributed by atoms with E-state index in [1.54, 1.807) is 6.07 Å². The molecule has 0 aliphatic heterocycles. The molecule has 0 radical (unpaired) electrons. The Morgan fingerprint density at radius 1 is 1.24 bits per heavy atom. The fourth-order valence-electron chi connectivity index (χ4n) is 1.79. The van der Waals surface area contributed by atoms with Crippen LogP contribution in [0.1, 0.15) is 0 Å². The number of fused-ring (bicyclic) bond motifs is 1. The third kappa shape index (κ3) is 3.35. The molecule has 21 heavy (non-hydrogen) atoms. The molecule has 3 aromatic rings. The zero-order valence-corrected chi connectivity index (χ0v) is 11.7. The van der Waals surface area contributed by atoms with E-state index in [2.05, 4.69) is 10.3 Å². The molecule has 2 aromatic carbocycles. The SMILES string of the molecule is O=C(COc1cccc(F)c1)Nc1nc2ccccc2s1. The van der Waals surface area contributed by atoms with Gasteiger partial charge in [0.05, 0.1) is 10.2 Å². The van der Waals surface area contributed by atoms with E-state index in [-0.39, 0.29) is 12.5 Å². The Balaban J connectivity index is 1.61. The number of carbonyl (C=O) groups excluding carboxylic acids is 1. The number of amides is 1. The number of rotatable bonds is 4. The lowest BCUT2D eigenvalue weighted by molar-refractivity contribution is -0.118. The van der Waals surface area contributed by atoms with Crippen molar-refractivity contribution >= 4 is 32.6 Å². The van der Waals surface area contributed by atoms with Crippen LogP contribution in [-0.4, -0.2) is 17.5 Å². The Morgan fingerprint density at radius 3 is 2.90 bits per heavy atom. The number of benzene rings is 2. The molecule has 0 unspecified atom stereocenters. The molecule has 0 aliphatic carbocycles. The topological polar surface area (TPSA) is 51.2 Å². The van der Waals surface area contributed by atoms with Crippen LogP contribution in [0.5, 0.6) is 5.75 Å². The van der Waals surface area contributed by atoms with E-state index in [0.29, 0.717) is 10.9 Å². The first-order valence-electron chi connectivity index (χ1n) is 6.24. The number of hydrogen-bond acceptors (Lipinski definition) is 4. The minimum atomic E-state index is -0.404. The highest BCUT2D eigenvalue weighted by Crippen LogP contribution is 2.25. The van der Waals surface area contributed by atoms with Crippen LogP contribution in [0.25, 0.3) is 10.2 Å². The van der Waals surface area contributed by atoms with E-state index in [1.165, 1.54) is 29.5 Å². The number of nitrogens with one attached hydrogen (secondary N) is 1. The predicted molar refractivity (Wildman–Crippen MR) is 80.1 cm³/mol. The highest BCUT2D eigenvalue weighted by molar-refractivity contribution is 7.22. The summed E-state index contributed by atoms with van der Waals surface area (Å²) in [6.45, 7) is -0.195. The zero-order valence-electron chi connectivity index (χ0n) is 10.9. The van der Waals surface area contributed by atoms with Crippen LogP contribution in [0.2, 0.25) is 0 Å². The average Bonchev–Trinajstić information content (AvgIpc) is 2.87. The maximum atomic E-state index is 13.0. The minimum Gasteiger partial charge on any atom is -0.484 e. The second-order valence-corrected chi connectivity index (χ2v) is 5.31. The first-order valence-corrected chi connectivity index (χ1v) is 7.06. The lowest BCUT2D eigenvalue weighted by Gasteiger charge is -2.05. The van der Waals surface area contributed by atoms with E-state index in [9.17, 15) is 9.18 Å². The molecule has 106 valence electrons. The normalized spacial score (nSPS) is 10.5. The fraction of sp³-hybridized carbons (Fsp3) is 0.0667. The maximum absolute atomic E-state index is 13.0. The van der Waals surface area contributed by atoms with Crippen LogP contribution >= 0.6 is 11.3 Å². The molecular weight excluding hydrogens is 291 g/mol. The van der Waals surface area contributed by atoms with Crippen LogP contribution in [0.15, 0.2) is 48.5 Å². The Kier molecular flexibility index (Phi) is 3.79. The summed E-state index contributed by atoms with van der Waals surface area (Å²) in [4.78, 5) is 16.1. The fourth-order valence-corrected chi connectivity index (χ4v) is 2.67. The minimum absolute atomic E-state index is 0.195. The Morgan fingerprint density at radius 2 is 2.10 bits per heavy atom. The van der Waals surface area contributed by atoms with Crippen molar-refractivity contribution in [1.82, 2.24) is 4.98 Å². The molecule has 0 bridgehead atoms. The van der Waals surface area contributed by atoms with Crippen molar-refractivity contribution < 1.29 is 13.9 Å². The quantitative estimate of drug-likeness (QED) is 0.803. The summed E-state index contributed by atoms with van der Waals surface area (Å²) in [6.07, 6.45) is 0. The largest absolute Gasteiger partial charge is 0.484 e. The number of hydrogen-bond donors (Lipinski definition) is 1. The van der Waals surface area contributed by atoms with Crippen LogP contribution in [0.4, 0.5) is 9.52 Å². The van der Waals surface area contributed by atoms with E-state index < -0.39 is 5.82 Å². The molecule has 0 saturated carbocycles. The molecule has 1 aromatic heterocycles. The number of anilines is 1. The van der Waals surface area contributed by atoms with Gasteiger partial charge >= 0.3 is 0 Å². The van der Waals surface area contributed by atoms with Crippen molar-refractivity contribution in [2.24, 2.45) is 0 Å². The van der Waals surface area contributed by atoms with Crippen molar-refractivity contribution in [2.45, 2.75) is 0 Å². The molecule has 6 heteroatoms. The summed E-state index contributed by atoms with van der Waals surface area (Å²) in [5.74, 6) is -0.424. The molecule has 0 atom stereocenters. The maximum Gasteiger partial charge on any atom is 0.264 e. The first-order chi connectivity index (χ1) is 10.2. The predicted octanol–water partition coefficient (Wildman–Crippen LogP) is 3.45. The van der Waals surface area contributed by atoms with E-state index in [4.69, 9.17) is 4.74 Å². The molecule has 4 nitrogen and oxygen atoms in total. The number of para-hydroxylation sites is 1. The molecule has 3 rings (SSSR count). The summed E-state index contributed by atoms with van der Waals surface area (Å²) in [5.41, 5.74) is 0.837. The number of halogens is 1. The van der Waals surface area contributed by atoms with Gasteiger partial charge in [0.25, 0.3) is 5.91 Å². The number of carbonyl (C=O) groups is 1. The van der Waals surface area contributed by atoms with E-state index >= 15 is 0 Å². The number of nitrogens with zero attached hydrogens (tertiary/aromatic N) is 1. The summed E-state index contributed by atoms with van der Waals surface area (Å²) in [5, 5.41) is 3.18. The van der Waals surface area contributed by atoms with Crippen molar-refractivity contribution in [3.63, 3.8) is 0 Å².